The van der Waals surface area contributed by atoms with Gasteiger partial charge in [0.05, 0.1) is 0 Å². The van der Waals surface area contributed by atoms with E-state index < -0.39 is 16.3 Å². The molecular formula is C10H10BrF3O. The van der Waals surface area contributed by atoms with Crippen molar-refractivity contribution in [2.75, 3.05) is 0 Å². The summed E-state index contributed by atoms with van der Waals surface area (Å²) in [5.41, 5.74) is -1.93. The van der Waals surface area contributed by atoms with Gasteiger partial charge in [0.2, 0.25) is 0 Å². The van der Waals surface area contributed by atoms with Crippen molar-refractivity contribution in [3.8, 4) is 0 Å². The number of alkyl halides is 3. The predicted molar refractivity (Wildman–Crippen MR) is 54.6 cm³/mol. The first-order chi connectivity index (χ1) is 6.72. The summed E-state index contributed by atoms with van der Waals surface area (Å²) >= 11 is 2.10. The smallest absolute Gasteiger partial charge is 0.329 e. The highest BCUT2D eigenvalue weighted by Gasteiger charge is 2.46. The summed E-state index contributed by atoms with van der Waals surface area (Å²) < 4.78 is 38.5. The summed E-state index contributed by atoms with van der Waals surface area (Å²) in [6.45, 7) is 0.993. The van der Waals surface area contributed by atoms with Crippen LogP contribution < -0.4 is 0 Å². The molecule has 1 aromatic rings. The van der Waals surface area contributed by atoms with Crippen molar-refractivity contribution in [1.82, 2.24) is 0 Å². The summed E-state index contributed by atoms with van der Waals surface area (Å²) in [5.74, 6) is -0.513. The first-order valence-electron chi connectivity index (χ1n) is 4.26. The Hall–Kier alpha value is -0.550. The number of hydrogen-bond acceptors (Lipinski definition) is 1. The van der Waals surface area contributed by atoms with E-state index in [0.717, 1.165) is 13.0 Å². The molecule has 5 heteroatoms. The van der Waals surface area contributed by atoms with Crippen LogP contribution in [0.3, 0.4) is 0 Å². The Bertz CT molecular complexity index is 347. The van der Waals surface area contributed by atoms with Gasteiger partial charge >= 0.3 is 4.83 Å². The molecule has 84 valence electrons. The van der Waals surface area contributed by atoms with Gasteiger partial charge in [0, 0.05) is 6.42 Å². The lowest BCUT2D eigenvalue weighted by atomic mass is 9.97. The van der Waals surface area contributed by atoms with Crippen LogP contribution in [0.15, 0.2) is 24.3 Å². The molecule has 0 aliphatic heterocycles. The van der Waals surface area contributed by atoms with E-state index in [1.807, 2.05) is 0 Å². The van der Waals surface area contributed by atoms with E-state index in [9.17, 15) is 18.3 Å². The normalized spacial score (nSPS) is 16.1. The van der Waals surface area contributed by atoms with E-state index in [-0.39, 0.29) is 6.42 Å². The second-order valence-corrected chi connectivity index (χ2v) is 4.57. The molecule has 0 fully saturated rings. The van der Waals surface area contributed by atoms with E-state index in [0.29, 0.717) is 5.56 Å². The maximum absolute atomic E-state index is 12.9. The van der Waals surface area contributed by atoms with Crippen LogP contribution in [0, 0.1) is 5.82 Å². The van der Waals surface area contributed by atoms with Gasteiger partial charge in [-0.3, -0.25) is 0 Å². The second kappa shape index (κ2) is 4.14. The number of hydrogen-bond donors (Lipinski definition) is 1. The lowest BCUT2D eigenvalue weighted by molar-refractivity contribution is -0.102. The van der Waals surface area contributed by atoms with Gasteiger partial charge in [0.15, 0.2) is 0 Å². The minimum atomic E-state index is -3.41. The molecule has 1 nitrogen and oxygen atoms in total. The highest BCUT2D eigenvalue weighted by molar-refractivity contribution is 9.10. The molecule has 0 saturated heterocycles. The Morgan fingerprint density at radius 2 is 2.00 bits per heavy atom. The Kier molecular flexibility index (Phi) is 3.45. The SMILES string of the molecule is CC(O)(Cc1cccc(F)c1)C(F)(F)Br. The van der Waals surface area contributed by atoms with Gasteiger partial charge in [-0.15, -0.1) is 0 Å². The van der Waals surface area contributed by atoms with Crippen molar-refractivity contribution >= 4 is 15.9 Å². The third-order valence-corrected chi connectivity index (χ3v) is 2.90. The molecule has 1 N–H and O–H groups in total. The lowest BCUT2D eigenvalue weighted by Crippen LogP contribution is -2.42. The molecule has 0 saturated carbocycles. The van der Waals surface area contributed by atoms with Gasteiger partial charge in [0.1, 0.15) is 11.4 Å². The molecule has 0 bridgehead atoms. The summed E-state index contributed by atoms with van der Waals surface area (Å²) in [5, 5.41) is 9.48. The molecule has 15 heavy (non-hydrogen) atoms. The van der Waals surface area contributed by atoms with Gasteiger partial charge in [0.25, 0.3) is 0 Å². The summed E-state index contributed by atoms with van der Waals surface area (Å²) in [6.07, 6.45) is -0.330. The summed E-state index contributed by atoms with van der Waals surface area (Å²) in [6, 6.07) is 5.22. The van der Waals surface area contributed by atoms with Crippen LogP contribution in [-0.4, -0.2) is 15.5 Å². The van der Waals surface area contributed by atoms with E-state index >= 15 is 0 Å². The van der Waals surface area contributed by atoms with Crippen molar-refractivity contribution < 1.29 is 18.3 Å². The highest BCUT2D eigenvalue weighted by Crippen LogP contribution is 2.36. The van der Waals surface area contributed by atoms with Gasteiger partial charge < -0.3 is 5.11 Å². The minimum Gasteiger partial charge on any atom is -0.383 e. The third-order valence-electron chi connectivity index (χ3n) is 2.05. The van der Waals surface area contributed by atoms with Crippen LogP contribution >= 0.6 is 15.9 Å². The number of rotatable bonds is 3. The van der Waals surface area contributed by atoms with Crippen molar-refractivity contribution in [1.29, 1.82) is 0 Å². The molecule has 1 atom stereocenters. The zero-order chi connectivity index (χ0) is 11.7. The molecule has 0 spiro atoms. The van der Waals surface area contributed by atoms with Gasteiger partial charge in [-0.1, -0.05) is 12.1 Å². The van der Waals surface area contributed by atoms with Crippen LogP contribution in [-0.2, 0) is 6.42 Å². The van der Waals surface area contributed by atoms with E-state index in [1.165, 1.54) is 18.2 Å². The Balaban J connectivity index is 2.87. The maximum Gasteiger partial charge on any atom is 0.329 e. The number of halogens is 4. The zero-order valence-electron chi connectivity index (χ0n) is 7.98. The standard InChI is InChI=1S/C10H10BrF3O/c1-9(15,10(11,13)14)6-7-3-2-4-8(12)5-7/h2-5,15H,6H2,1H3. The van der Waals surface area contributed by atoms with Gasteiger partial charge in [-0.2, -0.15) is 8.78 Å². The Morgan fingerprint density at radius 1 is 1.40 bits per heavy atom. The summed E-state index contributed by atoms with van der Waals surface area (Å²) in [7, 11) is 0. The molecule has 0 heterocycles. The summed E-state index contributed by atoms with van der Waals surface area (Å²) in [4.78, 5) is -3.41. The van der Waals surface area contributed by atoms with E-state index in [2.05, 4.69) is 15.9 Å². The van der Waals surface area contributed by atoms with Crippen molar-refractivity contribution in [2.24, 2.45) is 0 Å². The molecule has 1 rings (SSSR count). The van der Waals surface area contributed by atoms with Crippen molar-refractivity contribution in [3.63, 3.8) is 0 Å². The largest absolute Gasteiger partial charge is 0.383 e. The quantitative estimate of drug-likeness (QED) is 0.845. The zero-order valence-corrected chi connectivity index (χ0v) is 9.56. The lowest BCUT2D eigenvalue weighted by Gasteiger charge is -2.28. The highest BCUT2D eigenvalue weighted by atomic mass is 79.9. The Labute approximate surface area is 94.0 Å². The van der Waals surface area contributed by atoms with Crippen molar-refractivity contribution in [3.05, 3.63) is 35.6 Å². The molecular weight excluding hydrogens is 273 g/mol. The fourth-order valence-electron chi connectivity index (χ4n) is 1.14. The molecule has 0 radical (unpaired) electrons. The average Bonchev–Trinajstić information content (AvgIpc) is 2.00. The van der Waals surface area contributed by atoms with Crippen LogP contribution in [0.4, 0.5) is 13.2 Å². The van der Waals surface area contributed by atoms with Gasteiger partial charge in [-0.05, 0) is 40.5 Å². The topological polar surface area (TPSA) is 20.2 Å². The van der Waals surface area contributed by atoms with E-state index in [4.69, 9.17) is 0 Å². The average molecular weight is 283 g/mol. The fraction of sp³-hybridized carbons (Fsp3) is 0.400. The predicted octanol–water partition coefficient (Wildman–Crippen LogP) is 3.11. The monoisotopic (exact) mass is 282 g/mol. The van der Waals surface area contributed by atoms with E-state index in [1.54, 1.807) is 0 Å². The Morgan fingerprint density at radius 3 is 2.47 bits per heavy atom. The minimum absolute atomic E-state index is 0.319. The van der Waals surface area contributed by atoms with Crippen LogP contribution in [0.25, 0.3) is 0 Å². The third kappa shape index (κ3) is 3.21. The first-order valence-corrected chi connectivity index (χ1v) is 5.05. The molecule has 0 amide bonds. The van der Waals surface area contributed by atoms with Crippen LogP contribution in [0.1, 0.15) is 12.5 Å². The molecule has 0 aliphatic rings. The fourth-order valence-corrected chi connectivity index (χ4v) is 1.28. The molecule has 1 aromatic carbocycles. The molecule has 0 aliphatic carbocycles. The number of aliphatic hydroxyl groups is 1. The molecule has 1 unspecified atom stereocenters. The van der Waals surface area contributed by atoms with Crippen molar-refractivity contribution in [2.45, 2.75) is 23.8 Å². The maximum atomic E-state index is 12.9. The van der Waals surface area contributed by atoms with Gasteiger partial charge in [-0.25, -0.2) is 4.39 Å². The van der Waals surface area contributed by atoms with Crippen LogP contribution in [0.2, 0.25) is 0 Å². The molecule has 0 aromatic heterocycles. The number of benzene rings is 1. The first kappa shape index (κ1) is 12.5. The second-order valence-electron chi connectivity index (χ2n) is 3.58. The van der Waals surface area contributed by atoms with Crippen LogP contribution in [0.5, 0.6) is 0 Å².